The predicted octanol–water partition coefficient (Wildman–Crippen LogP) is 5.76. The second-order valence-electron chi connectivity index (χ2n) is 7.43. The van der Waals surface area contributed by atoms with E-state index in [1.54, 1.807) is 24.3 Å². The zero-order valence-corrected chi connectivity index (χ0v) is 19.5. The second-order valence-corrected chi connectivity index (χ2v) is 8.34. The molecule has 1 atom stereocenters. The number of nitrogens with zero attached hydrogens (tertiary/aromatic N) is 2. The molecule has 0 fully saturated rings. The number of non-ortho nitro benzene ring substituents is 1. The van der Waals surface area contributed by atoms with Crippen molar-refractivity contribution in [3.05, 3.63) is 99.0 Å². The van der Waals surface area contributed by atoms with Crippen LogP contribution in [0.2, 0.25) is 0 Å². The number of pyridine rings is 1. The maximum absolute atomic E-state index is 13.1. The number of hydrogen-bond acceptors (Lipinski definition) is 6. The average Bonchev–Trinajstić information content (AvgIpc) is 2.83. The lowest BCUT2D eigenvalue weighted by Crippen LogP contribution is -2.30. The lowest BCUT2D eigenvalue weighted by molar-refractivity contribution is -0.384. The number of nitro groups is 1. The normalized spacial score (nSPS) is 11.6. The molecule has 1 amide bonds. The summed E-state index contributed by atoms with van der Waals surface area (Å²) < 4.78 is 6.32. The minimum absolute atomic E-state index is 0.161. The summed E-state index contributed by atoms with van der Waals surface area (Å²) in [7, 11) is 0. The number of para-hydroxylation sites is 1. The van der Waals surface area contributed by atoms with Gasteiger partial charge in [-0.1, -0.05) is 52.3 Å². The molecule has 1 aromatic heterocycles. The third-order valence-corrected chi connectivity index (χ3v) is 5.53. The van der Waals surface area contributed by atoms with Crippen molar-refractivity contribution in [3.8, 4) is 11.3 Å². The standard InChI is InChI=1S/C25H18BrN3O5/c1-15(24(30)27-18-8-5-9-19(13-18)29(32)33)34-25(31)21-14-23(16-6-4-7-17(26)12-16)28-22-11-3-2-10-20(21)22/h2-15H,1H3,(H,27,30). The van der Waals surface area contributed by atoms with Gasteiger partial charge in [-0.3, -0.25) is 14.9 Å². The number of nitro benzene ring substituents is 1. The quantitative estimate of drug-likeness (QED) is 0.197. The molecule has 3 aromatic carbocycles. The highest BCUT2D eigenvalue weighted by atomic mass is 79.9. The van der Waals surface area contributed by atoms with E-state index in [1.165, 1.54) is 31.2 Å². The van der Waals surface area contributed by atoms with Crippen molar-refractivity contribution < 1.29 is 19.2 Å². The van der Waals surface area contributed by atoms with Gasteiger partial charge in [0.2, 0.25) is 0 Å². The molecule has 4 rings (SSSR count). The Labute approximate surface area is 202 Å². The van der Waals surface area contributed by atoms with Crippen molar-refractivity contribution in [1.29, 1.82) is 0 Å². The van der Waals surface area contributed by atoms with Crippen LogP contribution in [0.25, 0.3) is 22.2 Å². The van der Waals surface area contributed by atoms with Crippen LogP contribution in [0, 0.1) is 10.1 Å². The van der Waals surface area contributed by atoms with Gasteiger partial charge in [-0.15, -0.1) is 0 Å². The molecule has 0 saturated carbocycles. The van der Waals surface area contributed by atoms with Crippen molar-refractivity contribution >= 4 is 50.1 Å². The van der Waals surface area contributed by atoms with E-state index in [0.29, 0.717) is 16.6 Å². The maximum Gasteiger partial charge on any atom is 0.339 e. The predicted molar refractivity (Wildman–Crippen MR) is 131 cm³/mol. The monoisotopic (exact) mass is 519 g/mol. The van der Waals surface area contributed by atoms with E-state index in [9.17, 15) is 19.7 Å². The summed E-state index contributed by atoms with van der Waals surface area (Å²) in [5.74, 6) is -1.30. The fourth-order valence-electron chi connectivity index (χ4n) is 3.36. The Hall–Kier alpha value is -4.11. The Balaban J connectivity index is 1.59. The van der Waals surface area contributed by atoms with Crippen LogP contribution in [0.3, 0.4) is 0 Å². The molecule has 8 nitrogen and oxygen atoms in total. The number of carbonyl (C=O) groups is 2. The molecule has 0 saturated heterocycles. The van der Waals surface area contributed by atoms with Crippen LogP contribution in [0.4, 0.5) is 11.4 Å². The smallest absolute Gasteiger partial charge is 0.339 e. The number of benzene rings is 3. The first-order valence-electron chi connectivity index (χ1n) is 10.2. The van der Waals surface area contributed by atoms with E-state index >= 15 is 0 Å². The van der Waals surface area contributed by atoms with Crippen LogP contribution in [0.5, 0.6) is 0 Å². The number of ether oxygens (including phenoxy) is 1. The maximum atomic E-state index is 13.1. The van der Waals surface area contributed by atoms with Gasteiger partial charge >= 0.3 is 5.97 Å². The number of hydrogen-bond donors (Lipinski definition) is 1. The minimum atomic E-state index is -1.15. The number of halogens is 1. The zero-order chi connectivity index (χ0) is 24.2. The van der Waals surface area contributed by atoms with E-state index in [0.717, 1.165) is 10.0 Å². The fraction of sp³-hybridized carbons (Fsp3) is 0.0800. The molecule has 1 N–H and O–H groups in total. The van der Waals surface area contributed by atoms with Gasteiger partial charge in [0, 0.05) is 33.2 Å². The van der Waals surface area contributed by atoms with Gasteiger partial charge in [0.1, 0.15) is 0 Å². The number of nitrogens with one attached hydrogen (secondary N) is 1. The van der Waals surface area contributed by atoms with Crippen LogP contribution in [-0.4, -0.2) is 27.9 Å². The van der Waals surface area contributed by atoms with Crippen LogP contribution >= 0.6 is 15.9 Å². The SMILES string of the molecule is CC(OC(=O)c1cc(-c2cccc(Br)c2)nc2ccccc12)C(=O)Nc1cccc([N+](=O)[O-])c1. The van der Waals surface area contributed by atoms with Crippen LogP contribution in [0.15, 0.2) is 83.3 Å². The van der Waals surface area contributed by atoms with Gasteiger partial charge < -0.3 is 10.1 Å². The Morgan fingerprint density at radius 1 is 1.03 bits per heavy atom. The third-order valence-electron chi connectivity index (χ3n) is 5.03. The fourth-order valence-corrected chi connectivity index (χ4v) is 3.76. The number of rotatable bonds is 6. The highest BCUT2D eigenvalue weighted by Crippen LogP contribution is 2.27. The molecule has 0 aliphatic carbocycles. The van der Waals surface area contributed by atoms with E-state index in [-0.39, 0.29) is 16.9 Å². The highest BCUT2D eigenvalue weighted by molar-refractivity contribution is 9.10. The molecular formula is C25H18BrN3O5. The molecular weight excluding hydrogens is 502 g/mol. The molecule has 34 heavy (non-hydrogen) atoms. The molecule has 0 aliphatic heterocycles. The number of fused-ring (bicyclic) bond motifs is 1. The molecule has 0 aliphatic rings. The number of amides is 1. The molecule has 0 spiro atoms. The van der Waals surface area contributed by atoms with Crippen LogP contribution < -0.4 is 5.32 Å². The summed E-state index contributed by atoms with van der Waals surface area (Å²) in [6.07, 6.45) is -1.15. The summed E-state index contributed by atoms with van der Waals surface area (Å²) in [5, 5.41) is 14.1. The number of aromatic nitrogens is 1. The molecule has 1 unspecified atom stereocenters. The van der Waals surface area contributed by atoms with Crippen molar-refractivity contribution in [2.24, 2.45) is 0 Å². The topological polar surface area (TPSA) is 111 Å². The lowest BCUT2D eigenvalue weighted by Gasteiger charge is -2.15. The van der Waals surface area contributed by atoms with Crippen molar-refractivity contribution in [1.82, 2.24) is 4.98 Å². The first kappa shape index (κ1) is 23.1. The van der Waals surface area contributed by atoms with Gasteiger partial charge in [-0.25, -0.2) is 9.78 Å². The highest BCUT2D eigenvalue weighted by Gasteiger charge is 2.22. The average molecular weight is 520 g/mol. The summed E-state index contributed by atoms with van der Waals surface area (Å²) in [5.41, 5.74) is 2.35. The summed E-state index contributed by atoms with van der Waals surface area (Å²) in [6.45, 7) is 1.43. The second kappa shape index (κ2) is 9.80. The van der Waals surface area contributed by atoms with E-state index in [2.05, 4.69) is 26.2 Å². The van der Waals surface area contributed by atoms with Gasteiger partial charge in [-0.05, 0) is 37.3 Å². The van der Waals surface area contributed by atoms with Crippen LogP contribution in [-0.2, 0) is 9.53 Å². The third kappa shape index (κ3) is 5.10. The number of esters is 1. The summed E-state index contributed by atoms with van der Waals surface area (Å²) >= 11 is 3.44. The molecule has 4 aromatic rings. The first-order valence-corrected chi connectivity index (χ1v) is 11.0. The Kier molecular flexibility index (Phi) is 6.65. The Morgan fingerprint density at radius 3 is 2.56 bits per heavy atom. The van der Waals surface area contributed by atoms with Crippen molar-refractivity contribution in [2.75, 3.05) is 5.32 Å². The number of anilines is 1. The zero-order valence-electron chi connectivity index (χ0n) is 17.9. The Bertz CT molecular complexity index is 1420. The minimum Gasteiger partial charge on any atom is -0.449 e. The van der Waals surface area contributed by atoms with Crippen LogP contribution in [0.1, 0.15) is 17.3 Å². The van der Waals surface area contributed by atoms with Gasteiger partial charge in [0.25, 0.3) is 11.6 Å². The summed E-state index contributed by atoms with van der Waals surface area (Å²) in [6, 6.07) is 21.9. The molecule has 1 heterocycles. The number of carbonyl (C=O) groups excluding carboxylic acids is 2. The molecule has 0 radical (unpaired) electrons. The lowest BCUT2D eigenvalue weighted by atomic mass is 10.0. The van der Waals surface area contributed by atoms with Gasteiger partial charge in [0.15, 0.2) is 6.10 Å². The van der Waals surface area contributed by atoms with E-state index < -0.39 is 22.9 Å². The van der Waals surface area contributed by atoms with E-state index in [1.807, 2.05) is 30.3 Å². The molecule has 170 valence electrons. The van der Waals surface area contributed by atoms with E-state index in [4.69, 9.17) is 4.74 Å². The van der Waals surface area contributed by atoms with Crippen molar-refractivity contribution in [3.63, 3.8) is 0 Å². The molecule has 9 heteroatoms. The summed E-state index contributed by atoms with van der Waals surface area (Å²) in [4.78, 5) is 40.7. The first-order chi connectivity index (χ1) is 16.3. The van der Waals surface area contributed by atoms with Crippen molar-refractivity contribution in [2.45, 2.75) is 13.0 Å². The molecule has 0 bridgehead atoms. The Morgan fingerprint density at radius 2 is 1.79 bits per heavy atom. The largest absolute Gasteiger partial charge is 0.449 e. The van der Waals surface area contributed by atoms with Gasteiger partial charge in [0.05, 0.1) is 21.7 Å². The van der Waals surface area contributed by atoms with Gasteiger partial charge in [-0.2, -0.15) is 0 Å².